The van der Waals surface area contributed by atoms with Gasteiger partial charge in [0.05, 0.1) is 0 Å². The van der Waals surface area contributed by atoms with Gasteiger partial charge >= 0.3 is 5.97 Å². The minimum Gasteiger partial charge on any atom is -0.454 e. The van der Waals surface area contributed by atoms with Gasteiger partial charge in [-0.25, -0.2) is 0 Å². The highest BCUT2D eigenvalue weighted by molar-refractivity contribution is 8.00. The molecule has 0 bridgehead atoms. The Morgan fingerprint density at radius 1 is 0.964 bits per heavy atom. The fourth-order valence-corrected chi connectivity index (χ4v) is 4.47. The molecule has 3 rings (SSSR count). The fraction of sp³-hybridized carbons (Fsp3) is 0.391. The van der Waals surface area contributed by atoms with Crippen molar-refractivity contribution in [1.29, 1.82) is 0 Å². The minimum absolute atomic E-state index is 0.226. The molecule has 1 N–H and O–H groups in total. The SMILES string of the molecule is O=C(COC(=O)C(Sc1ccccc1)c1ccccc1)NCC1CCCCC1. The summed E-state index contributed by atoms with van der Waals surface area (Å²) in [5.74, 6) is -0.0672. The Labute approximate surface area is 171 Å². The third kappa shape index (κ3) is 6.41. The molecule has 0 spiro atoms. The van der Waals surface area contributed by atoms with Crippen molar-refractivity contribution in [1.82, 2.24) is 5.32 Å². The average molecular weight is 398 g/mol. The number of rotatable bonds is 8. The molecule has 28 heavy (non-hydrogen) atoms. The number of hydrogen-bond donors (Lipinski definition) is 1. The second-order valence-corrected chi connectivity index (χ2v) is 8.32. The van der Waals surface area contributed by atoms with Gasteiger partial charge in [-0.15, -0.1) is 11.8 Å². The van der Waals surface area contributed by atoms with Crippen LogP contribution in [0.3, 0.4) is 0 Å². The summed E-state index contributed by atoms with van der Waals surface area (Å²) >= 11 is 1.43. The van der Waals surface area contributed by atoms with Gasteiger partial charge in [-0.1, -0.05) is 67.8 Å². The van der Waals surface area contributed by atoms with E-state index in [1.807, 2.05) is 60.7 Å². The summed E-state index contributed by atoms with van der Waals surface area (Å²) in [7, 11) is 0. The molecule has 2 aromatic rings. The Hall–Kier alpha value is -2.27. The molecule has 0 heterocycles. The molecule has 148 valence electrons. The molecule has 2 aromatic carbocycles. The van der Waals surface area contributed by atoms with E-state index in [0.717, 1.165) is 10.5 Å². The summed E-state index contributed by atoms with van der Waals surface area (Å²) in [6, 6.07) is 19.3. The van der Waals surface area contributed by atoms with Crippen LogP contribution in [0.4, 0.5) is 0 Å². The van der Waals surface area contributed by atoms with Gasteiger partial charge in [0, 0.05) is 11.4 Å². The van der Waals surface area contributed by atoms with E-state index in [1.165, 1.54) is 43.9 Å². The van der Waals surface area contributed by atoms with E-state index in [0.29, 0.717) is 12.5 Å². The molecule has 1 aliphatic carbocycles. The second kappa shape index (κ2) is 10.9. The third-order valence-corrected chi connectivity index (χ3v) is 6.22. The summed E-state index contributed by atoms with van der Waals surface area (Å²) in [6.07, 6.45) is 6.12. The van der Waals surface area contributed by atoms with Crippen LogP contribution in [-0.4, -0.2) is 25.0 Å². The lowest BCUT2D eigenvalue weighted by atomic mass is 9.89. The Bertz CT molecular complexity index is 745. The van der Waals surface area contributed by atoms with E-state index in [4.69, 9.17) is 4.74 Å². The molecule has 1 atom stereocenters. The zero-order valence-corrected chi connectivity index (χ0v) is 16.8. The van der Waals surface area contributed by atoms with Crippen LogP contribution < -0.4 is 5.32 Å². The van der Waals surface area contributed by atoms with E-state index in [1.54, 1.807) is 0 Å². The first-order chi connectivity index (χ1) is 13.7. The molecule has 1 fully saturated rings. The first-order valence-corrected chi connectivity index (χ1v) is 10.8. The summed E-state index contributed by atoms with van der Waals surface area (Å²) in [5.41, 5.74) is 0.865. The highest BCUT2D eigenvalue weighted by atomic mass is 32.2. The fourth-order valence-electron chi connectivity index (χ4n) is 3.43. The predicted octanol–water partition coefficient (Wildman–Crippen LogP) is 4.76. The Kier molecular flexibility index (Phi) is 7.97. The number of thioether (sulfide) groups is 1. The van der Waals surface area contributed by atoms with Crippen LogP contribution in [-0.2, 0) is 14.3 Å². The lowest BCUT2D eigenvalue weighted by Crippen LogP contribution is -2.34. The normalized spacial score (nSPS) is 15.6. The maximum absolute atomic E-state index is 12.7. The number of carbonyl (C=O) groups excluding carboxylic acids is 2. The van der Waals surface area contributed by atoms with Gasteiger partial charge in [0.1, 0.15) is 5.25 Å². The number of carbonyl (C=O) groups is 2. The van der Waals surface area contributed by atoms with E-state index >= 15 is 0 Å². The van der Waals surface area contributed by atoms with Crippen molar-refractivity contribution in [3.8, 4) is 0 Å². The van der Waals surface area contributed by atoms with Gasteiger partial charge in [-0.3, -0.25) is 9.59 Å². The van der Waals surface area contributed by atoms with Crippen LogP contribution in [0.2, 0.25) is 0 Å². The Morgan fingerprint density at radius 3 is 2.29 bits per heavy atom. The van der Waals surface area contributed by atoms with Gasteiger partial charge in [0.15, 0.2) is 6.61 Å². The molecule has 1 unspecified atom stereocenters. The maximum atomic E-state index is 12.7. The highest BCUT2D eigenvalue weighted by Gasteiger charge is 2.24. The molecule has 0 saturated heterocycles. The molecule has 0 aliphatic heterocycles. The molecule has 5 heteroatoms. The van der Waals surface area contributed by atoms with Crippen molar-refractivity contribution >= 4 is 23.6 Å². The van der Waals surface area contributed by atoms with Crippen molar-refractivity contribution in [2.45, 2.75) is 42.2 Å². The Morgan fingerprint density at radius 2 is 1.61 bits per heavy atom. The first-order valence-electron chi connectivity index (χ1n) is 9.92. The van der Waals surface area contributed by atoms with Crippen molar-refractivity contribution in [2.75, 3.05) is 13.2 Å². The summed E-state index contributed by atoms with van der Waals surface area (Å²) in [6.45, 7) is 0.446. The van der Waals surface area contributed by atoms with Crippen molar-refractivity contribution < 1.29 is 14.3 Å². The van der Waals surface area contributed by atoms with Crippen molar-refractivity contribution in [2.24, 2.45) is 5.92 Å². The highest BCUT2D eigenvalue weighted by Crippen LogP contribution is 2.36. The average Bonchev–Trinajstić information content (AvgIpc) is 2.76. The lowest BCUT2D eigenvalue weighted by molar-refractivity contribution is -0.148. The molecule has 4 nitrogen and oxygen atoms in total. The van der Waals surface area contributed by atoms with Crippen LogP contribution in [0.1, 0.15) is 42.9 Å². The van der Waals surface area contributed by atoms with Gasteiger partial charge in [0.25, 0.3) is 5.91 Å². The van der Waals surface area contributed by atoms with Gasteiger partial charge < -0.3 is 10.1 Å². The molecule has 1 saturated carbocycles. The Balaban J connectivity index is 1.54. The van der Waals surface area contributed by atoms with Gasteiger partial charge in [-0.2, -0.15) is 0 Å². The van der Waals surface area contributed by atoms with Crippen LogP contribution >= 0.6 is 11.8 Å². The van der Waals surface area contributed by atoms with Crippen LogP contribution in [0.25, 0.3) is 0 Å². The zero-order chi connectivity index (χ0) is 19.6. The van der Waals surface area contributed by atoms with Gasteiger partial charge in [0.2, 0.25) is 0 Å². The van der Waals surface area contributed by atoms with Crippen molar-refractivity contribution in [3.05, 3.63) is 66.2 Å². The predicted molar refractivity (Wildman–Crippen MR) is 112 cm³/mol. The number of nitrogens with one attached hydrogen (secondary N) is 1. The summed E-state index contributed by atoms with van der Waals surface area (Å²) in [4.78, 5) is 25.8. The standard InChI is InChI=1S/C23H27NO3S/c25-21(24-16-18-10-4-1-5-11-18)17-27-23(26)22(19-12-6-2-7-13-19)28-20-14-8-3-9-15-20/h2-3,6-9,12-15,18,22H,1,4-5,10-11,16-17H2,(H,24,25). The summed E-state index contributed by atoms with van der Waals surface area (Å²) < 4.78 is 5.36. The topological polar surface area (TPSA) is 55.4 Å². The molecule has 1 amide bonds. The molecular weight excluding hydrogens is 370 g/mol. The van der Waals surface area contributed by atoms with E-state index in [9.17, 15) is 9.59 Å². The second-order valence-electron chi connectivity index (χ2n) is 7.14. The van der Waals surface area contributed by atoms with E-state index < -0.39 is 11.2 Å². The zero-order valence-electron chi connectivity index (χ0n) is 16.0. The minimum atomic E-state index is -0.505. The molecular formula is C23H27NO3S. The number of ether oxygens (including phenoxy) is 1. The lowest BCUT2D eigenvalue weighted by Gasteiger charge is -2.21. The smallest absolute Gasteiger partial charge is 0.324 e. The number of amides is 1. The van der Waals surface area contributed by atoms with Crippen LogP contribution in [0.5, 0.6) is 0 Å². The van der Waals surface area contributed by atoms with Crippen molar-refractivity contribution in [3.63, 3.8) is 0 Å². The molecule has 0 aromatic heterocycles. The van der Waals surface area contributed by atoms with E-state index in [-0.39, 0.29) is 12.5 Å². The maximum Gasteiger partial charge on any atom is 0.324 e. The summed E-state index contributed by atoms with van der Waals surface area (Å²) in [5, 5.41) is 2.41. The third-order valence-electron chi connectivity index (χ3n) is 4.97. The molecule has 0 radical (unpaired) electrons. The largest absolute Gasteiger partial charge is 0.454 e. The first kappa shape index (κ1) is 20.5. The monoisotopic (exact) mass is 397 g/mol. The number of hydrogen-bond acceptors (Lipinski definition) is 4. The molecule has 1 aliphatic rings. The van der Waals surface area contributed by atoms with Crippen LogP contribution in [0, 0.1) is 5.92 Å². The van der Waals surface area contributed by atoms with Crippen LogP contribution in [0.15, 0.2) is 65.6 Å². The number of benzene rings is 2. The van der Waals surface area contributed by atoms with E-state index in [2.05, 4.69) is 5.32 Å². The van der Waals surface area contributed by atoms with Gasteiger partial charge in [-0.05, 0) is 36.5 Å². The number of esters is 1. The quantitative estimate of drug-likeness (QED) is 0.515.